The second-order valence-corrected chi connectivity index (χ2v) is 5.91. The van der Waals surface area contributed by atoms with Crippen LogP contribution in [-0.2, 0) is 4.79 Å². The molecule has 1 amide bonds. The van der Waals surface area contributed by atoms with Crippen molar-refractivity contribution in [1.29, 1.82) is 0 Å². The van der Waals surface area contributed by atoms with E-state index >= 15 is 0 Å². The maximum absolute atomic E-state index is 13.0. The van der Waals surface area contributed by atoms with E-state index in [0.717, 1.165) is 18.8 Å². The fourth-order valence-electron chi connectivity index (χ4n) is 2.74. The summed E-state index contributed by atoms with van der Waals surface area (Å²) in [5, 5.41) is 2.71. The summed E-state index contributed by atoms with van der Waals surface area (Å²) in [6, 6.07) is 9.95. The SMILES string of the molecule is NC(=NCC(=O)Nc1cccnc1)N1CCN(c2ccc(F)cc2)CC1. The van der Waals surface area contributed by atoms with Crippen molar-refractivity contribution in [2.24, 2.45) is 10.7 Å². The largest absolute Gasteiger partial charge is 0.370 e. The minimum absolute atomic E-state index is 0.0428. The topological polar surface area (TPSA) is 86.8 Å². The number of anilines is 2. The monoisotopic (exact) mass is 356 g/mol. The summed E-state index contributed by atoms with van der Waals surface area (Å²) >= 11 is 0. The maximum atomic E-state index is 13.0. The lowest BCUT2D eigenvalue weighted by Gasteiger charge is -2.36. The van der Waals surface area contributed by atoms with E-state index in [4.69, 9.17) is 5.73 Å². The molecule has 1 aliphatic heterocycles. The number of rotatable bonds is 4. The average Bonchev–Trinajstić information content (AvgIpc) is 2.68. The number of piperazine rings is 1. The highest BCUT2D eigenvalue weighted by molar-refractivity contribution is 5.93. The zero-order valence-corrected chi connectivity index (χ0v) is 14.3. The van der Waals surface area contributed by atoms with Crippen molar-refractivity contribution in [3.05, 3.63) is 54.6 Å². The van der Waals surface area contributed by atoms with Crippen LogP contribution >= 0.6 is 0 Å². The Bertz CT molecular complexity index is 757. The number of nitrogens with zero attached hydrogens (tertiary/aromatic N) is 4. The number of carbonyl (C=O) groups excluding carboxylic acids is 1. The number of guanidine groups is 1. The molecule has 3 N–H and O–H groups in total. The van der Waals surface area contributed by atoms with Crippen LogP contribution in [0.15, 0.2) is 53.8 Å². The number of halogens is 1. The molecule has 7 nitrogen and oxygen atoms in total. The molecule has 3 rings (SSSR count). The first-order chi connectivity index (χ1) is 12.6. The van der Waals surface area contributed by atoms with Gasteiger partial charge in [0.25, 0.3) is 0 Å². The van der Waals surface area contributed by atoms with Gasteiger partial charge in [0.2, 0.25) is 5.91 Å². The quantitative estimate of drug-likeness (QED) is 0.637. The molecule has 0 spiro atoms. The van der Waals surface area contributed by atoms with E-state index in [1.807, 2.05) is 4.90 Å². The van der Waals surface area contributed by atoms with Gasteiger partial charge in [0.1, 0.15) is 12.4 Å². The van der Waals surface area contributed by atoms with Crippen molar-refractivity contribution >= 4 is 23.2 Å². The molecule has 26 heavy (non-hydrogen) atoms. The molecule has 136 valence electrons. The Labute approximate surface area is 151 Å². The summed E-state index contributed by atoms with van der Waals surface area (Å²) in [4.78, 5) is 24.1. The first-order valence-electron chi connectivity index (χ1n) is 8.37. The highest BCUT2D eigenvalue weighted by Crippen LogP contribution is 2.16. The van der Waals surface area contributed by atoms with Crippen LogP contribution in [0.5, 0.6) is 0 Å². The second-order valence-electron chi connectivity index (χ2n) is 5.91. The van der Waals surface area contributed by atoms with Gasteiger partial charge in [-0.3, -0.25) is 9.78 Å². The summed E-state index contributed by atoms with van der Waals surface area (Å²) in [6.07, 6.45) is 3.21. The van der Waals surface area contributed by atoms with Crippen LogP contribution in [0.3, 0.4) is 0 Å². The molecular formula is C18H21FN6O. The van der Waals surface area contributed by atoms with Crippen LogP contribution in [-0.4, -0.2) is 54.5 Å². The molecule has 8 heteroatoms. The molecule has 0 radical (unpaired) electrons. The predicted molar refractivity (Wildman–Crippen MR) is 99.5 cm³/mol. The summed E-state index contributed by atoms with van der Waals surface area (Å²) in [5.74, 6) is -0.135. The lowest BCUT2D eigenvalue weighted by atomic mass is 10.2. The molecule has 1 aromatic heterocycles. The zero-order chi connectivity index (χ0) is 18.4. The fraction of sp³-hybridized carbons (Fsp3) is 0.278. The summed E-state index contributed by atoms with van der Waals surface area (Å²) in [6.45, 7) is 2.85. The van der Waals surface area contributed by atoms with Gasteiger partial charge in [-0.15, -0.1) is 0 Å². The molecule has 2 aromatic rings. The highest BCUT2D eigenvalue weighted by atomic mass is 19.1. The minimum atomic E-state index is -0.245. The Balaban J connectivity index is 1.48. The summed E-state index contributed by atoms with van der Waals surface area (Å²) in [5.41, 5.74) is 7.62. The normalized spacial score (nSPS) is 15.0. The number of nitrogens with one attached hydrogen (secondary N) is 1. The van der Waals surface area contributed by atoms with Crippen molar-refractivity contribution in [3.8, 4) is 0 Å². The van der Waals surface area contributed by atoms with E-state index in [0.29, 0.717) is 24.7 Å². The summed E-state index contributed by atoms with van der Waals surface area (Å²) < 4.78 is 13.0. The Kier molecular flexibility index (Phi) is 5.62. The number of pyridine rings is 1. The van der Waals surface area contributed by atoms with Crippen molar-refractivity contribution in [3.63, 3.8) is 0 Å². The van der Waals surface area contributed by atoms with Gasteiger partial charge >= 0.3 is 0 Å². The molecule has 0 atom stereocenters. The lowest BCUT2D eigenvalue weighted by molar-refractivity contribution is -0.114. The fourth-order valence-corrected chi connectivity index (χ4v) is 2.74. The molecular weight excluding hydrogens is 335 g/mol. The Hall–Kier alpha value is -3.16. The number of amides is 1. The molecule has 1 aliphatic rings. The smallest absolute Gasteiger partial charge is 0.246 e. The van der Waals surface area contributed by atoms with Crippen molar-refractivity contribution < 1.29 is 9.18 Å². The van der Waals surface area contributed by atoms with E-state index in [1.54, 1.807) is 36.7 Å². The van der Waals surface area contributed by atoms with E-state index < -0.39 is 0 Å². The van der Waals surface area contributed by atoms with Gasteiger partial charge in [0.15, 0.2) is 5.96 Å². The van der Waals surface area contributed by atoms with E-state index in [9.17, 15) is 9.18 Å². The van der Waals surface area contributed by atoms with Gasteiger partial charge in [-0.2, -0.15) is 0 Å². The van der Waals surface area contributed by atoms with Crippen molar-refractivity contribution in [2.45, 2.75) is 0 Å². The molecule has 0 saturated carbocycles. The first-order valence-corrected chi connectivity index (χ1v) is 8.37. The van der Waals surface area contributed by atoms with Crippen LogP contribution in [0.25, 0.3) is 0 Å². The first kappa shape index (κ1) is 17.7. The lowest BCUT2D eigenvalue weighted by Crippen LogP contribution is -2.51. The van der Waals surface area contributed by atoms with Crippen LogP contribution in [0.2, 0.25) is 0 Å². The zero-order valence-electron chi connectivity index (χ0n) is 14.3. The Morgan fingerprint density at radius 3 is 2.58 bits per heavy atom. The number of aromatic nitrogens is 1. The number of hydrogen-bond donors (Lipinski definition) is 2. The Morgan fingerprint density at radius 1 is 1.19 bits per heavy atom. The Morgan fingerprint density at radius 2 is 1.92 bits per heavy atom. The third-order valence-electron chi connectivity index (χ3n) is 4.13. The van der Waals surface area contributed by atoms with Crippen LogP contribution in [0.4, 0.5) is 15.8 Å². The average molecular weight is 356 g/mol. The third kappa shape index (κ3) is 4.69. The molecule has 0 aliphatic carbocycles. The highest BCUT2D eigenvalue weighted by Gasteiger charge is 2.18. The van der Waals surface area contributed by atoms with Gasteiger partial charge in [0.05, 0.1) is 11.9 Å². The standard InChI is InChI=1S/C18H21FN6O/c19-14-3-5-16(6-4-14)24-8-10-25(11-9-24)18(20)22-13-17(26)23-15-2-1-7-21-12-15/h1-7,12H,8-11,13H2,(H2,20,22)(H,23,26). The van der Waals surface area contributed by atoms with Gasteiger partial charge in [-0.05, 0) is 36.4 Å². The maximum Gasteiger partial charge on any atom is 0.246 e. The molecule has 1 aromatic carbocycles. The second kappa shape index (κ2) is 8.28. The van der Waals surface area contributed by atoms with E-state index in [-0.39, 0.29) is 18.3 Å². The minimum Gasteiger partial charge on any atom is -0.370 e. The molecule has 2 heterocycles. The number of nitrogens with two attached hydrogens (primary N) is 1. The molecule has 0 unspecified atom stereocenters. The van der Waals surface area contributed by atoms with Crippen LogP contribution in [0.1, 0.15) is 0 Å². The summed E-state index contributed by atoms with van der Waals surface area (Å²) in [7, 11) is 0. The van der Waals surface area contributed by atoms with E-state index in [1.165, 1.54) is 12.1 Å². The van der Waals surface area contributed by atoms with Gasteiger partial charge in [0, 0.05) is 38.1 Å². The van der Waals surface area contributed by atoms with Gasteiger partial charge in [-0.1, -0.05) is 0 Å². The number of aliphatic imine (C=N–C) groups is 1. The molecule has 1 fully saturated rings. The van der Waals surface area contributed by atoms with Gasteiger partial charge < -0.3 is 20.9 Å². The third-order valence-corrected chi connectivity index (χ3v) is 4.13. The number of hydrogen-bond acceptors (Lipinski definition) is 4. The van der Waals surface area contributed by atoms with Crippen LogP contribution < -0.4 is 16.0 Å². The molecule has 1 saturated heterocycles. The van der Waals surface area contributed by atoms with E-state index in [2.05, 4.69) is 20.2 Å². The van der Waals surface area contributed by atoms with Gasteiger partial charge in [-0.25, -0.2) is 9.38 Å². The van der Waals surface area contributed by atoms with Crippen molar-refractivity contribution in [2.75, 3.05) is 42.9 Å². The predicted octanol–water partition coefficient (Wildman–Crippen LogP) is 1.30. The van der Waals surface area contributed by atoms with Crippen LogP contribution in [0, 0.1) is 5.82 Å². The molecule has 0 bridgehead atoms. The number of carbonyl (C=O) groups is 1. The van der Waals surface area contributed by atoms with Crippen molar-refractivity contribution in [1.82, 2.24) is 9.88 Å². The number of benzene rings is 1.